The molecule has 1 amide bonds. The van der Waals surface area contributed by atoms with E-state index in [1.54, 1.807) is 48.5 Å². The molecule has 0 unspecified atom stereocenters. The third-order valence-electron chi connectivity index (χ3n) is 5.11. The molecule has 6 nitrogen and oxygen atoms in total. The van der Waals surface area contributed by atoms with Crippen LogP contribution in [-0.4, -0.2) is 45.4 Å². The number of likely N-dealkylation sites (tertiary alicyclic amines) is 1. The lowest BCUT2D eigenvalue weighted by molar-refractivity contribution is -0.112. The third kappa shape index (κ3) is 3.55. The van der Waals surface area contributed by atoms with Crippen molar-refractivity contribution >= 4 is 27.1 Å². The van der Waals surface area contributed by atoms with E-state index in [9.17, 15) is 13.2 Å². The first-order valence-electron chi connectivity index (χ1n) is 9.49. The van der Waals surface area contributed by atoms with Crippen LogP contribution in [0.1, 0.15) is 18.4 Å². The Kier molecular flexibility index (Phi) is 5.19. The van der Waals surface area contributed by atoms with Crippen LogP contribution >= 0.6 is 0 Å². The Morgan fingerprint density at radius 3 is 2.39 bits per heavy atom. The molecule has 0 saturated carbocycles. The normalized spacial score (nSPS) is 18.1. The van der Waals surface area contributed by atoms with Crippen LogP contribution < -0.4 is 10.6 Å². The number of hydrogen-bond acceptors (Lipinski definition) is 5. The lowest BCUT2D eigenvalue weighted by atomic mass is 10.1. The van der Waals surface area contributed by atoms with Gasteiger partial charge in [0.1, 0.15) is 0 Å². The van der Waals surface area contributed by atoms with E-state index in [2.05, 4.69) is 15.5 Å². The number of rotatable bonds is 6. The van der Waals surface area contributed by atoms with Crippen LogP contribution in [0, 0.1) is 0 Å². The zero-order chi connectivity index (χ0) is 19.6. The molecule has 146 valence electrons. The van der Waals surface area contributed by atoms with Crippen molar-refractivity contribution in [3.8, 4) is 0 Å². The molecule has 4 rings (SSSR count). The van der Waals surface area contributed by atoms with Gasteiger partial charge in [-0.2, -0.15) is 0 Å². The summed E-state index contributed by atoms with van der Waals surface area (Å²) in [6.07, 6.45) is 2.40. The summed E-state index contributed by atoms with van der Waals surface area (Å²) in [5.74, 6) is -0.619. The first-order chi connectivity index (χ1) is 13.6. The van der Waals surface area contributed by atoms with Gasteiger partial charge in [0.25, 0.3) is 5.91 Å². The van der Waals surface area contributed by atoms with Gasteiger partial charge in [0.15, 0.2) is 4.91 Å². The van der Waals surface area contributed by atoms with Gasteiger partial charge < -0.3 is 15.5 Å². The summed E-state index contributed by atoms with van der Waals surface area (Å²) in [6.45, 7) is 3.54. The number of nitrogens with one attached hydrogen (secondary N) is 2. The van der Waals surface area contributed by atoms with Crippen LogP contribution in [0.5, 0.6) is 0 Å². The van der Waals surface area contributed by atoms with Crippen LogP contribution in [0.2, 0.25) is 0 Å². The van der Waals surface area contributed by atoms with Gasteiger partial charge in [0.05, 0.1) is 10.6 Å². The lowest BCUT2D eigenvalue weighted by Gasteiger charge is -2.16. The van der Waals surface area contributed by atoms with Crippen molar-refractivity contribution in [3.05, 3.63) is 65.1 Å². The zero-order valence-electron chi connectivity index (χ0n) is 15.5. The van der Waals surface area contributed by atoms with Crippen molar-refractivity contribution in [1.82, 2.24) is 10.2 Å². The molecule has 0 aliphatic carbocycles. The van der Waals surface area contributed by atoms with Crippen molar-refractivity contribution in [2.24, 2.45) is 0 Å². The molecule has 0 atom stereocenters. The summed E-state index contributed by atoms with van der Waals surface area (Å²) < 4.78 is 26.2. The summed E-state index contributed by atoms with van der Waals surface area (Å²) in [6, 6.07) is 15.6. The van der Waals surface area contributed by atoms with Crippen LogP contribution in [0.25, 0.3) is 5.70 Å². The molecule has 2 aromatic carbocycles. The predicted molar refractivity (Wildman–Crippen MR) is 109 cm³/mol. The van der Waals surface area contributed by atoms with Crippen LogP contribution in [-0.2, 0) is 14.6 Å². The second kappa shape index (κ2) is 7.77. The Morgan fingerprint density at radius 2 is 1.64 bits per heavy atom. The fourth-order valence-electron chi connectivity index (χ4n) is 3.74. The number of para-hydroxylation sites is 1. The molecule has 28 heavy (non-hydrogen) atoms. The summed E-state index contributed by atoms with van der Waals surface area (Å²) in [7, 11) is -3.87. The number of sulfone groups is 1. The van der Waals surface area contributed by atoms with Crippen LogP contribution in [0.15, 0.2) is 64.4 Å². The van der Waals surface area contributed by atoms with Gasteiger partial charge in [-0.1, -0.05) is 36.4 Å². The second-order valence-electron chi connectivity index (χ2n) is 7.00. The molecule has 2 aliphatic heterocycles. The monoisotopic (exact) mass is 397 g/mol. The van der Waals surface area contributed by atoms with Crippen LogP contribution in [0.3, 0.4) is 0 Å². The molecular formula is C21H23N3O3S. The van der Waals surface area contributed by atoms with Crippen molar-refractivity contribution in [2.45, 2.75) is 17.7 Å². The fourth-order valence-corrected chi connectivity index (χ4v) is 5.42. The third-order valence-corrected chi connectivity index (χ3v) is 6.97. The summed E-state index contributed by atoms with van der Waals surface area (Å²) in [4.78, 5) is 15.2. The highest BCUT2D eigenvalue weighted by atomic mass is 32.2. The Balaban J connectivity index is 1.64. The lowest BCUT2D eigenvalue weighted by Crippen LogP contribution is -2.30. The quantitative estimate of drug-likeness (QED) is 0.783. The van der Waals surface area contributed by atoms with Gasteiger partial charge in [0.2, 0.25) is 9.84 Å². The number of benzene rings is 2. The van der Waals surface area contributed by atoms with E-state index in [0.29, 0.717) is 23.5 Å². The molecule has 2 aliphatic rings. The number of amides is 1. The molecule has 0 aromatic heterocycles. The fraction of sp³-hybridized carbons (Fsp3) is 0.286. The molecular weight excluding hydrogens is 374 g/mol. The van der Waals surface area contributed by atoms with E-state index < -0.39 is 15.7 Å². The Labute approximate surface area is 165 Å². The molecule has 2 N–H and O–H groups in total. The molecule has 7 heteroatoms. The van der Waals surface area contributed by atoms with Crippen molar-refractivity contribution in [2.75, 3.05) is 31.5 Å². The highest BCUT2D eigenvalue weighted by Gasteiger charge is 2.39. The minimum absolute atomic E-state index is 0.178. The number of carbonyl (C=O) groups excluding carboxylic acids is 1. The van der Waals surface area contributed by atoms with Crippen molar-refractivity contribution in [1.29, 1.82) is 0 Å². The summed E-state index contributed by atoms with van der Waals surface area (Å²) in [5, 5.41) is 5.94. The van der Waals surface area contributed by atoms with E-state index in [1.807, 2.05) is 6.07 Å². The second-order valence-corrected chi connectivity index (χ2v) is 8.85. The summed E-state index contributed by atoms with van der Waals surface area (Å²) in [5.41, 5.74) is 1.51. The van der Waals surface area contributed by atoms with Crippen LogP contribution in [0.4, 0.5) is 5.69 Å². The van der Waals surface area contributed by atoms with Gasteiger partial charge in [-0.25, -0.2) is 8.42 Å². The van der Waals surface area contributed by atoms with E-state index in [4.69, 9.17) is 0 Å². The maximum absolute atomic E-state index is 13.1. The largest absolute Gasteiger partial charge is 0.382 e. The molecule has 1 saturated heterocycles. The van der Waals surface area contributed by atoms with Gasteiger partial charge in [0, 0.05) is 24.3 Å². The molecule has 0 bridgehead atoms. The van der Waals surface area contributed by atoms with Gasteiger partial charge in [-0.3, -0.25) is 4.79 Å². The average molecular weight is 398 g/mol. The number of nitrogens with zero attached hydrogens (tertiary/aromatic N) is 1. The minimum atomic E-state index is -3.87. The van der Waals surface area contributed by atoms with Crippen molar-refractivity contribution < 1.29 is 13.2 Å². The van der Waals surface area contributed by atoms with Gasteiger partial charge >= 0.3 is 0 Å². The Morgan fingerprint density at radius 1 is 0.964 bits per heavy atom. The van der Waals surface area contributed by atoms with Crippen molar-refractivity contribution in [3.63, 3.8) is 0 Å². The van der Waals surface area contributed by atoms with Gasteiger partial charge in [-0.05, 0) is 44.1 Å². The maximum atomic E-state index is 13.1. The zero-order valence-corrected chi connectivity index (χ0v) is 16.3. The highest BCUT2D eigenvalue weighted by Crippen LogP contribution is 2.38. The standard InChI is InChI=1S/C21H23N3O3S/c25-21(23-16-8-2-1-3-9-16)20-19(22-12-15-24-13-6-7-14-24)17-10-4-5-11-18(17)28(20,26)27/h1-5,8-11,22H,6-7,12-15H2,(H,23,25). The smallest absolute Gasteiger partial charge is 0.269 e. The number of fused-ring (bicyclic) bond motifs is 1. The van der Waals surface area contributed by atoms with E-state index in [-0.39, 0.29) is 9.80 Å². The van der Waals surface area contributed by atoms with E-state index in [1.165, 1.54) is 12.8 Å². The maximum Gasteiger partial charge on any atom is 0.269 e. The molecule has 0 spiro atoms. The molecule has 2 aromatic rings. The van der Waals surface area contributed by atoms with E-state index in [0.717, 1.165) is 19.6 Å². The summed E-state index contributed by atoms with van der Waals surface area (Å²) >= 11 is 0. The first-order valence-corrected chi connectivity index (χ1v) is 11.0. The molecule has 0 radical (unpaired) electrons. The van der Waals surface area contributed by atoms with E-state index >= 15 is 0 Å². The SMILES string of the molecule is O=C(Nc1ccccc1)C1=C(NCCN2CCCC2)c2ccccc2S1(=O)=O. The van der Waals surface area contributed by atoms with Gasteiger partial charge in [-0.15, -0.1) is 0 Å². The number of hydrogen-bond donors (Lipinski definition) is 2. The predicted octanol–water partition coefficient (Wildman–Crippen LogP) is 2.47. The average Bonchev–Trinajstić information content (AvgIpc) is 3.28. The molecule has 1 fully saturated rings. The topological polar surface area (TPSA) is 78.5 Å². The Bertz CT molecular complexity index is 1010. The number of anilines is 1. The molecule has 2 heterocycles. The Hall–Kier alpha value is -2.64. The minimum Gasteiger partial charge on any atom is -0.382 e. The highest BCUT2D eigenvalue weighted by molar-refractivity contribution is 7.97. The number of carbonyl (C=O) groups is 1. The first kappa shape index (κ1) is 18.7.